The summed E-state index contributed by atoms with van der Waals surface area (Å²) >= 11 is 1.83. The average Bonchev–Trinajstić information content (AvgIpc) is 3.09. The number of nitrogens with one attached hydrogen (secondary N) is 2. The van der Waals surface area contributed by atoms with Crippen LogP contribution in [0, 0.1) is 0 Å². The Morgan fingerprint density at radius 1 is 1.19 bits per heavy atom. The lowest BCUT2D eigenvalue weighted by Crippen LogP contribution is -2.49. The Morgan fingerprint density at radius 3 is 2.56 bits per heavy atom. The van der Waals surface area contributed by atoms with Gasteiger partial charge >= 0.3 is 0 Å². The second-order valence-corrected chi connectivity index (χ2v) is 8.27. The number of nitrogens with zero attached hydrogens (tertiary/aromatic N) is 2. The van der Waals surface area contributed by atoms with Crippen molar-refractivity contribution in [3.63, 3.8) is 0 Å². The van der Waals surface area contributed by atoms with Crippen molar-refractivity contribution < 1.29 is 4.74 Å². The van der Waals surface area contributed by atoms with E-state index in [-0.39, 0.29) is 24.0 Å². The van der Waals surface area contributed by atoms with E-state index < -0.39 is 0 Å². The number of guanidine groups is 1. The first-order chi connectivity index (χ1) is 12.8. The molecule has 0 spiro atoms. The minimum atomic E-state index is 0. The highest BCUT2D eigenvalue weighted by Crippen LogP contribution is 2.24. The number of halogens is 1. The first-order valence-electron chi connectivity index (χ1n) is 10.2. The van der Waals surface area contributed by atoms with E-state index in [1.54, 1.807) is 0 Å². The van der Waals surface area contributed by atoms with Gasteiger partial charge in [-0.3, -0.25) is 4.99 Å². The largest absolute Gasteiger partial charge is 0.376 e. The molecule has 0 aromatic carbocycles. The summed E-state index contributed by atoms with van der Waals surface area (Å²) in [7, 11) is 1.85. The lowest BCUT2D eigenvalue weighted by Gasteiger charge is -2.33. The fourth-order valence-corrected chi connectivity index (χ4v) is 4.67. The molecule has 7 heteroatoms. The molecule has 0 bridgehead atoms. The zero-order valence-electron chi connectivity index (χ0n) is 16.5. The number of hydrogen-bond donors (Lipinski definition) is 2. The van der Waals surface area contributed by atoms with Gasteiger partial charge in [0.05, 0.1) is 17.7 Å². The number of piperidine rings is 1. The molecule has 0 radical (unpaired) electrons. The van der Waals surface area contributed by atoms with Crippen LogP contribution in [0.2, 0.25) is 0 Å². The van der Waals surface area contributed by atoms with Crippen molar-refractivity contribution in [3.05, 3.63) is 17.5 Å². The van der Waals surface area contributed by atoms with Gasteiger partial charge in [0.1, 0.15) is 0 Å². The summed E-state index contributed by atoms with van der Waals surface area (Å²) in [5.74, 6) is 0.907. The second kappa shape index (κ2) is 12.8. The van der Waals surface area contributed by atoms with E-state index in [2.05, 4.69) is 38.0 Å². The molecule has 2 fully saturated rings. The Kier molecular flexibility index (Phi) is 10.8. The first kappa shape index (κ1) is 22.7. The quantitative estimate of drug-likeness (QED) is 0.199. The molecule has 2 heterocycles. The smallest absolute Gasteiger partial charge is 0.191 e. The van der Waals surface area contributed by atoms with Crippen LogP contribution in [0.3, 0.4) is 0 Å². The third-order valence-electron chi connectivity index (χ3n) is 5.43. The molecular formula is C20H35IN4OS. The van der Waals surface area contributed by atoms with Gasteiger partial charge in [-0.1, -0.05) is 25.7 Å². The summed E-state index contributed by atoms with van der Waals surface area (Å²) in [5, 5.41) is 10.5. The van der Waals surface area contributed by atoms with Gasteiger partial charge in [0.2, 0.25) is 0 Å². The molecule has 5 nitrogen and oxygen atoms in total. The molecular weight excluding hydrogens is 471 g/mol. The molecule has 154 valence electrons. The summed E-state index contributed by atoms with van der Waals surface area (Å²) in [4.78, 5) is 6.86. The van der Waals surface area contributed by atoms with Crippen molar-refractivity contribution in [1.29, 1.82) is 0 Å². The van der Waals surface area contributed by atoms with Crippen LogP contribution < -0.4 is 15.5 Å². The lowest BCUT2D eigenvalue weighted by molar-refractivity contribution is 0.0468. The van der Waals surface area contributed by atoms with E-state index in [4.69, 9.17) is 4.74 Å². The van der Waals surface area contributed by atoms with Gasteiger partial charge in [-0.2, -0.15) is 0 Å². The summed E-state index contributed by atoms with van der Waals surface area (Å²) in [6.07, 6.45) is 10.6. The van der Waals surface area contributed by atoms with Crippen LogP contribution in [0.5, 0.6) is 0 Å². The van der Waals surface area contributed by atoms with Crippen molar-refractivity contribution >= 4 is 46.3 Å². The molecule has 1 aliphatic heterocycles. The third-order valence-corrected chi connectivity index (χ3v) is 6.36. The van der Waals surface area contributed by atoms with Crippen molar-refractivity contribution in [2.24, 2.45) is 4.99 Å². The molecule has 1 aromatic rings. The van der Waals surface area contributed by atoms with Gasteiger partial charge < -0.3 is 20.3 Å². The summed E-state index contributed by atoms with van der Waals surface area (Å²) in [6, 6.07) is 4.85. The molecule has 2 N–H and O–H groups in total. The van der Waals surface area contributed by atoms with E-state index >= 15 is 0 Å². The highest BCUT2D eigenvalue weighted by molar-refractivity contribution is 14.0. The predicted molar refractivity (Wildman–Crippen MR) is 127 cm³/mol. The Balaban J connectivity index is 0.00000261. The van der Waals surface area contributed by atoms with Crippen molar-refractivity contribution in [3.8, 4) is 0 Å². The Morgan fingerprint density at radius 2 is 1.93 bits per heavy atom. The Bertz CT molecular complexity index is 524. The van der Waals surface area contributed by atoms with Gasteiger partial charge in [-0.05, 0) is 43.2 Å². The number of anilines is 1. The summed E-state index contributed by atoms with van der Waals surface area (Å²) in [6.45, 7) is 3.81. The van der Waals surface area contributed by atoms with Crippen LogP contribution in [0.25, 0.3) is 0 Å². The monoisotopic (exact) mass is 506 g/mol. The zero-order chi connectivity index (χ0) is 18.0. The second-order valence-electron chi connectivity index (χ2n) is 7.34. The summed E-state index contributed by atoms with van der Waals surface area (Å²) < 4.78 is 6.05. The fourth-order valence-electron chi connectivity index (χ4n) is 3.89. The van der Waals surface area contributed by atoms with E-state index in [1.165, 1.54) is 43.5 Å². The maximum Gasteiger partial charge on any atom is 0.191 e. The van der Waals surface area contributed by atoms with Crippen LogP contribution in [0.1, 0.15) is 51.4 Å². The minimum absolute atomic E-state index is 0. The highest BCUT2D eigenvalue weighted by Gasteiger charge is 2.20. The summed E-state index contributed by atoms with van der Waals surface area (Å²) in [5.41, 5.74) is 0. The number of aliphatic imine (C=N–C) groups is 1. The maximum atomic E-state index is 6.05. The van der Waals surface area contributed by atoms with E-state index in [0.717, 1.165) is 45.0 Å². The lowest BCUT2D eigenvalue weighted by atomic mass is 10.1. The molecule has 1 aliphatic carbocycles. The molecule has 3 rings (SSSR count). The number of hydrogen-bond acceptors (Lipinski definition) is 4. The normalized spacial score (nSPS) is 20.0. The first-order valence-corrected chi connectivity index (χ1v) is 11.1. The van der Waals surface area contributed by atoms with Gasteiger partial charge in [0.15, 0.2) is 5.96 Å². The van der Waals surface area contributed by atoms with Crippen molar-refractivity contribution in [2.75, 3.05) is 38.2 Å². The van der Waals surface area contributed by atoms with Gasteiger partial charge in [0.25, 0.3) is 0 Å². The van der Waals surface area contributed by atoms with Crippen molar-refractivity contribution in [1.82, 2.24) is 10.6 Å². The average molecular weight is 506 g/mol. The van der Waals surface area contributed by atoms with Crippen LogP contribution in [0.15, 0.2) is 22.5 Å². The van der Waals surface area contributed by atoms with E-state index in [9.17, 15) is 0 Å². The van der Waals surface area contributed by atoms with Crippen LogP contribution in [-0.4, -0.2) is 51.4 Å². The molecule has 1 saturated heterocycles. The molecule has 1 saturated carbocycles. The van der Waals surface area contributed by atoms with E-state index in [0.29, 0.717) is 12.1 Å². The topological polar surface area (TPSA) is 48.9 Å². The van der Waals surface area contributed by atoms with Gasteiger partial charge in [-0.15, -0.1) is 35.3 Å². The van der Waals surface area contributed by atoms with Gasteiger partial charge in [-0.25, -0.2) is 0 Å². The van der Waals surface area contributed by atoms with E-state index in [1.807, 2.05) is 18.4 Å². The van der Waals surface area contributed by atoms with Crippen LogP contribution in [0.4, 0.5) is 5.00 Å². The van der Waals surface area contributed by atoms with Crippen LogP contribution >= 0.6 is 35.3 Å². The number of ether oxygens (including phenoxy) is 1. The standard InChI is InChI=1S/C20H34N4OS.HI/c1-21-20(22-12-15-25-18-7-4-2-3-5-8-18)23-17-10-13-24(14-11-17)19-9-6-16-26-19;/h6,9,16-18H,2-5,7-8,10-15H2,1H3,(H2,21,22,23);1H. The predicted octanol–water partition coefficient (Wildman–Crippen LogP) is 4.24. The SMILES string of the molecule is CN=C(NCCOC1CCCCCC1)NC1CCN(c2cccs2)CC1.I. The highest BCUT2D eigenvalue weighted by atomic mass is 127. The molecule has 0 amide bonds. The molecule has 0 atom stereocenters. The molecule has 2 aliphatic rings. The third kappa shape index (κ3) is 7.77. The maximum absolute atomic E-state index is 6.05. The van der Waals surface area contributed by atoms with Crippen LogP contribution in [-0.2, 0) is 4.74 Å². The molecule has 27 heavy (non-hydrogen) atoms. The van der Waals surface area contributed by atoms with Gasteiger partial charge in [0, 0.05) is 32.7 Å². The Labute approximate surface area is 185 Å². The van der Waals surface area contributed by atoms with Crippen molar-refractivity contribution in [2.45, 2.75) is 63.5 Å². The molecule has 1 aromatic heterocycles. The number of rotatable bonds is 6. The minimum Gasteiger partial charge on any atom is -0.376 e. The number of thiophene rings is 1. The zero-order valence-corrected chi connectivity index (χ0v) is 19.6. The Hall–Kier alpha value is -0.540. The fraction of sp³-hybridized carbons (Fsp3) is 0.750. The molecule has 0 unspecified atom stereocenters.